The number of aryl methyl sites for hydroxylation is 1. The molecule has 31 heavy (non-hydrogen) atoms. The zero-order chi connectivity index (χ0) is 23.0. The van der Waals surface area contributed by atoms with Crippen molar-refractivity contribution in [3.63, 3.8) is 0 Å². The predicted octanol–water partition coefficient (Wildman–Crippen LogP) is 3.69. The molecule has 1 aliphatic heterocycles. The van der Waals surface area contributed by atoms with E-state index in [1.165, 1.54) is 31.7 Å². The van der Waals surface area contributed by atoms with Gasteiger partial charge in [0.25, 0.3) is 5.92 Å². The fraction of sp³-hybridized carbons (Fsp3) is 0.650. The van der Waals surface area contributed by atoms with Crippen molar-refractivity contribution in [1.82, 2.24) is 24.8 Å². The van der Waals surface area contributed by atoms with E-state index in [0.717, 1.165) is 11.8 Å². The van der Waals surface area contributed by atoms with Crippen molar-refractivity contribution in [3.8, 4) is 0 Å². The van der Waals surface area contributed by atoms with E-state index in [9.17, 15) is 22.4 Å². The summed E-state index contributed by atoms with van der Waals surface area (Å²) in [5.41, 5.74) is 0.309. The average molecular weight is 445 g/mol. The molecule has 7 nitrogen and oxygen atoms in total. The van der Waals surface area contributed by atoms with Crippen LogP contribution in [0.15, 0.2) is 18.5 Å². The summed E-state index contributed by atoms with van der Waals surface area (Å²) in [7, 11) is 1.41. The minimum atomic E-state index is -3.06. The van der Waals surface area contributed by atoms with Crippen LogP contribution in [0.25, 0.3) is 5.65 Å². The van der Waals surface area contributed by atoms with E-state index in [-0.39, 0.29) is 13.0 Å². The Morgan fingerprint density at radius 2 is 2.03 bits per heavy atom. The molecule has 1 saturated heterocycles. The standard InChI is InChI=1S/C20H27F4N5O2/c1-18(2,19(3,21)22)6-5-14-9-29-16(27-14)7-13(8-26-29)15(10-31-4)28-12-20(23,24)11-25-17(28)30/h7-9,15H,5-6,10-12H2,1-4H3,(H,25,30)/t15-/m1/s1. The number of hydrogen-bond acceptors (Lipinski definition) is 4. The molecule has 1 fully saturated rings. The highest BCUT2D eigenvalue weighted by Crippen LogP contribution is 2.39. The van der Waals surface area contributed by atoms with Gasteiger partial charge in [-0.2, -0.15) is 5.10 Å². The Kier molecular flexibility index (Phi) is 6.18. The second kappa shape index (κ2) is 8.25. The summed E-state index contributed by atoms with van der Waals surface area (Å²) in [6.07, 6.45) is 3.67. The molecule has 0 bridgehead atoms. The third-order valence-corrected chi connectivity index (χ3v) is 5.83. The molecule has 2 aromatic heterocycles. The van der Waals surface area contributed by atoms with Crippen LogP contribution in [0.2, 0.25) is 0 Å². The van der Waals surface area contributed by atoms with E-state index < -0.39 is 42.4 Å². The van der Waals surface area contributed by atoms with Gasteiger partial charge in [-0.05, 0) is 25.8 Å². The number of nitrogens with one attached hydrogen (secondary N) is 1. The first-order chi connectivity index (χ1) is 14.3. The summed E-state index contributed by atoms with van der Waals surface area (Å²) in [6, 6.07) is 0.242. The van der Waals surface area contributed by atoms with Crippen LogP contribution >= 0.6 is 0 Å². The van der Waals surface area contributed by atoms with E-state index in [0.29, 0.717) is 23.3 Å². The number of urea groups is 1. The fourth-order valence-corrected chi connectivity index (χ4v) is 3.36. The van der Waals surface area contributed by atoms with Gasteiger partial charge in [-0.15, -0.1) is 0 Å². The van der Waals surface area contributed by atoms with Crippen LogP contribution < -0.4 is 5.32 Å². The molecule has 2 amide bonds. The molecule has 0 unspecified atom stereocenters. The van der Waals surface area contributed by atoms with E-state index >= 15 is 0 Å². The summed E-state index contributed by atoms with van der Waals surface area (Å²) >= 11 is 0. The van der Waals surface area contributed by atoms with Crippen LogP contribution in [-0.2, 0) is 11.2 Å². The SMILES string of the molecule is COC[C@H](c1cnn2cc(CCC(C)(C)C(C)(F)F)nc2c1)N1CC(F)(F)CNC1=O. The summed E-state index contributed by atoms with van der Waals surface area (Å²) < 4.78 is 61.9. The highest BCUT2D eigenvalue weighted by molar-refractivity contribution is 5.76. The van der Waals surface area contributed by atoms with E-state index in [1.54, 1.807) is 12.3 Å². The number of ether oxygens (including phenoxy) is 1. The largest absolute Gasteiger partial charge is 0.382 e. The monoisotopic (exact) mass is 445 g/mol. The molecule has 1 aliphatic rings. The normalized spacial score (nSPS) is 18.3. The molecule has 1 atom stereocenters. The van der Waals surface area contributed by atoms with Crippen LogP contribution in [0.1, 0.15) is 44.5 Å². The molecule has 0 aliphatic carbocycles. The van der Waals surface area contributed by atoms with Gasteiger partial charge >= 0.3 is 6.03 Å². The molecule has 172 valence electrons. The number of rotatable bonds is 8. The van der Waals surface area contributed by atoms with E-state index in [4.69, 9.17) is 4.74 Å². The first-order valence-corrected chi connectivity index (χ1v) is 9.96. The number of amides is 2. The number of fused-ring (bicyclic) bond motifs is 1. The smallest absolute Gasteiger partial charge is 0.318 e. The Hall–Kier alpha value is -2.43. The van der Waals surface area contributed by atoms with Gasteiger partial charge in [0.15, 0.2) is 5.65 Å². The van der Waals surface area contributed by atoms with Gasteiger partial charge in [-0.1, -0.05) is 13.8 Å². The van der Waals surface area contributed by atoms with Crippen LogP contribution in [0.4, 0.5) is 22.4 Å². The maximum Gasteiger partial charge on any atom is 0.318 e. The van der Waals surface area contributed by atoms with Gasteiger partial charge in [-0.3, -0.25) is 0 Å². The van der Waals surface area contributed by atoms with Crippen molar-refractivity contribution in [2.45, 2.75) is 51.5 Å². The minimum absolute atomic E-state index is 0.00527. The number of nitrogens with zero attached hydrogens (tertiary/aromatic N) is 4. The topological polar surface area (TPSA) is 71.8 Å². The Bertz CT molecular complexity index is 941. The molecule has 0 saturated carbocycles. The maximum absolute atomic E-state index is 13.9. The first-order valence-electron chi connectivity index (χ1n) is 9.96. The number of halogens is 4. The lowest BCUT2D eigenvalue weighted by Crippen LogP contribution is -2.58. The number of alkyl halides is 4. The molecular formula is C20H27F4N5O2. The lowest BCUT2D eigenvalue weighted by molar-refractivity contribution is -0.0919. The first kappa shape index (κ1) is 23.2. The molecule has 0 spiro atoms. The van der Waals surface area contributed by atoms with Crippen molar-refractivity contribution < 1.29 is 27.1 Å². The lowest BCUT2D eigenvalue weighted by atomic mass is 9.81. The van der Waals surface area contributed by atoms with Crippen LogP contribution in [0.3, 0.4) is 0 Å². The van der Waals surface area contributed by atoms with Crippen molar-refractivity contribution in [2.75, 3.05) is 26.8 Å². The molecule has 1 N–H and O–H groups in total. The molecule has 0 aromatic carbocycles. The van der Waals surface area contributed by atoms with Crippen LogP contribution in [-0.4, -0.2) is 64.2 Å². The molecule has 11 heteroatoms. The summed E-state index contributed by atoms with van der Waals surface area (Å²) in [5.74, 6) is -5.89. The third-order valence-electron chi connectivity index (χ3n) is 5.83. The highest BCUT2D eigenvalue weighted by Gasteiger charge is 2.43. The van der Waals surface area contributed by atoms with Gasteiger partial charge in [0, 0.05) is 18.1 Å². The molecule has 2 aromatic rings. The van der Waals surface area contributed by atoms with Crippen molar-refractivity contribution in [2.24, 2.45) is 5.41 Å². The Morgan fingerprint density at radius 1 is 1.32 bits per heavy atom. The summed E-state index contributed by atoms with van der Waals surface area (Å²) in [5, 5.41) is 6.45. The minimum Gasteiger partial charge on any atom is -0.382 e. The number of carbonyl (C=O) groups is 1. The quantitative estimate of drug-likeness (QED) is 0.629. The fourth-order valence-electron chi connectivity index (χ4n) is 3.36. The van der Waals surface area contributed by atoms with Gasteiger partial charge < -0.3 is 15.0 Å². The Labute approximate surface area is 177 Å². The Balaban J connectivity index is 1.84. The third kappa shape index (κ3) is 5.08. The van der Waals surface area contributed by atoms with Crippen LogP contribution in [0, 0.1) is 5.41 Å². The number of hydrogen-bond donors (Lipinski definition) is 1. The molecular weight excluding hydrogens is 418 g/mol. The van der Waals surface area contributed by atoms with Crippen molar-refractivity contribution in [3.05, 3.63) is 29.7 Å². The number of imidazole rings is 1. The van der Waals surface area contributed by atoms with Gasteiger partial charge in [0.05, 0.1) is 43.8 Å². The Morgan fingerprint density at radius 3 is 2.68 bits per heavy atom. The summed E-state index contributed by atoms with van der Waals surface area (Å²) in [4.78, 5) is 17.7. The zero-order valence-electron chi connectivity index (χ0n) is 18.0. The van der Waals surface area contributed by atoms with E-state index in [2.05, 4.69) is 15.4 Å². The highest BCUT2D eigenvalue weighted by atomic mass is 19.3. The molecule has 0 radical (unpaired) electrons. The second-order valence-corrected chi connectivity index (χ2v) is 8.71. The van der Waals surface area contributed by atoms with E-state index in [1.807, 2.05) is 0 Å². The maximum atomic E-state index is 13.9. The summed E-state index contributed by atoms with van der Waals surface area (Å²) in [6.45, 7) is 2.46. The van der Waals surface area contributed by atoms with Crippen molar-refractivity contribution >= 4 is 11.7 Å². The van der Waals surface area contributed by atoms with Crippen LogP contribution in [0.5, 0.6) is 0 Å². The zero-order valence-corrected chi connectivity index (χ0v) is 18.0. The molecule has 3 heterocycles. The number of methoxy groups -OCH3 is 1. The number of aromatic nitrogens is 3. The van der Waals surface area contributed by atoms with Gasteiger partial charge in [0.1, 0.15) is 0 Å². The van der Waals surface area contributed by atoms with Crippen molar-refractivity contribution in [1.29, 1.82) is 0 Å². The average Bonchev–Trinajstić information content (AvgIpc) is 3.08. The van der Waals surface area contributed by atoms with Gasteiger partial charge in [-0.25, -0.2) is 31.9 Å². The molecule has 3 rings (SSSR count). The van der Waals surface area contributed by atoms with Gasteiger partial charge in [0.2, 0.25) is 5.92 Å². The number of carbonyl (C=O) groups excluding carboxylic acids is 1. The second-order valence-electron chi connectivity index (χ2n) is 8.71. The lowest BCUT2D eigenvalue weighted by Gasteiger charge is -2.38. The predicted molar refractivity (Wildman–Crippen MR) is 105 cm³/mol.